The van der Waals surface area contributed by atoms with E-state index in [1.165, 1.54) is 6.08 Å². The van der Waals surface area contributed by atoms with Gasteiger partial charge in [0.25, 0.3) is 0 Å². The van der Waals surface area contributed by atoms with Gasteiger partial charge in [-0.2, -0.15) is 0 Å². The molecular weight excluding hydrogens is 340 g/mol. The molecule has 1 aliphatic rings. The van der Waals surface area contributed by atoms with Gasteiger partial charge in [-0.3, -0.25) is 0 Å². The third kappa shape index (κ3) is 5.06. The largest absolute Gasteiger partial charge is 0.456 e. The molecule has 1 N–H and O–H groups in total. The first kappa shape index (κ1) is 19.3. The van der Waals surface area contributed by atoms with Crippen LogP contribution >= 0.6 is 0 Å². The number of benzene rings is 2. The molecule has 1 heterocycles. The fourth-order valence-electron chi connectivity index (χ4n) is 3.93. The van der Waals surface area contributed by atoms with Gasteiger partial charge in [-0.05, 0) is 30.4 Å². The Morgan fingerprint density at radius 3 is 2.15 bits per heavy atom. The lowest BCUT2D eigenvalue weighted by atomic mass is 9.69. The minimum absolute atomic E-state index is 0.244. The van der Waals surface area contributed by atoms with E-state index in [1.54, 1.807) is 0 Å². The summed E-state index contributed by atoms with van der Waals surface area (Å²) in [6.45, 7) is 4.02. The Kier molecular flexibility index (Phi) is 6.43. The van der Waals surface area contributed by atoms with Crippen molar-refractivity contribution in [1.29, 1.82) is 0 Å². The minimum Gasteiger partial charge on any atom is -0.456 e. The monoisotopic (exact) mass is 366 g/mol. The number of aliphatic hydroxyl groups excluding tert-OH is 1. The van der Waals surface area contributed by atoms with Crippen LogP contribution in [0.5, 0.6) is 0 Å². The van der Waals surface area contributed by atoms with E-state index in [9.17, 15) is 9.90 Å². The average Bonchev–Trinajstić information content (AvgIpc) is 2.82. The third-order valence-electron chi connectivity index (χ3n) is 5.13. The molecule has 0 saturated carbocycles. The standard InChI is InChI=1S/C23H26O4/c1-2-22(25)27-21-17-26-16-20(24)15-23(21,13-18-9-5-3-6-10-18)14-19-11-7-4-8-12-19/h2-12,20-21,24H,1,13-17H2/t20-,21+/m0/s1. The van der Waals surface area contributed by atoms with Gasteiger partial charge in [-0.1, -0.05) is 67.2 Å². The first-order valence-corrected chi connectivity index (χ1v) is 9.28. The van der Waals surface area contributed by atoms with Gasteiger partial charge in [0.1, 0.15) is 6.10 Å². The quantitative estimate of drug-likeness (QED) is 0.629. The molecule has 0 bridgehead atoms. The van der Waals surface area contributed by atoms with Crippen LogP contribution in [0.2, 0.25) is 0 Å². The number of esters is 1. The number of carbonyl (C=O) groups excluding carboxylic acids is 1. The molecule has 2 aromatic rings. The zero-order chi connectivity index (χ0) is 19.1. The average molecular weight is 366 g/mol. The summed E-state index contributed by atoms with van der Waals surface area (Å²) in [6.07, 6.45) is 1.95. The summed E-state index contributed by atoms with van der Waals surface area (Å²) in [4.78, 5) is 12.0. The lowest BCUT2D eigenvalue weighted by Crippen LogP contribution is -2.45. The lowest BCUT2D eigenvalue weighted by molar-refractivity contribution is -0.154. The molecule has 1 fully saturated rings. The molecule has 2 aromatic carbocycles. The van der Waals surface area contributed by atoms with Crippen LogP contribution in [0.1, 0.15) is 17.5 Å². The van der Waals surface area contributed by atoms with Crippen molar-refractivity contribution >= 4 is 5.97 Å². The Bertz CT molecular complexity index is 700. The van der Waals surface area contributed by atoms with Crippen LogP contribution in [-0.4, -0.2) is 36.5 Å². The van der Waals surface area contributed by atoms with E-state index in [0.29, 0.717) is 19.3 Å². The number of rotatable bonds is 6. The van der Waals surface area contributed by atoms with Crippen molar-refractivity contribution in [2.75, 3.05) is 13.2 Å². The summed E-state index contributed by atoms with van der Waals surface area (Å²) in [6, 6.07) is 20.2. The van der Waals surface area contributed by atoms with Crippen molar-refractivity contribution in [3.8, 4) is 0 Å². The second-order valence-corrected chi connectivity index (χ2v) is 7.21. The Hall–Kier alpha value is -2.43. The van der Waals surface area contributed by atoms with Crippen molar-refractivity contribution in [3.63, 3.8) is 0 Å². The van der Waals surface area contributed by atoms with Gasteiger partial charge in [0, 0.05) is 11.5 Å². The summed E-state index contributed by atoms with van der Waals surface area (Å²) in [5.41, 5.74) is 1.81. The van der Waals surface area contributed by atoms with Crippen LogP contribution in [0.4, 0.5) is 0 Å². The number of aliphatic hydroxyl groups is 1. The van der Waals surface area contributed by atoms with Crippen LogP contribution in [0.15, 0.2) is 73.3 Å². The van der Waals surface area contributed by atoms with E-state index in [2.05, 4.69) is 30.8 Å². The molecule has 0 aromatic heterocycles. The van der Waals surface area contributed by atoms with E-state index in [1.807, 2.05) is 36.4 Å². The molecule has 2 atom stereocenters. The maximum absolute atomic E-state index is 12.0. The topological polar surface area (TPSA) is 55.8 Å². The Balaban J connectivity index is 2.01. The minimum atomic E-state index is -0.607. The molecule has 4 heteroatoms. The summed E-state index contributed by atoms with van der Waals surface area (Å²) in [7, 11) is 0. The van der Waals surface area contributed by atoms with E-state index in [0.717, 1.165) is 11.1 Å². The van der Waals surface area contributed by atoms with Gasteiger partial charge in [0.15, 0.2) is 0 Å². The highest BCUT2D eigenvalue weighted by atomic mass is 16.6. The highest BCUT2D eigenvalue weighted by Crippen LogP contribution is 2.40. The zero-order valence-electron chi connectivity index (χ0n) is 15.4. The van der Waals surface area contributed by atoms with Crippen molar-refractivity contribution in [2.45, 2.75) is 31.5 Å². The Morgan fingerprint density at radius 2 is 1.63 bits per heavy atom. The van der Waals surface area contributed by atoms with Crippen LogP contribution in [-0.2, 0) is 27.1 Å². The molecule has 0 aliphatic carbocycles. The van der Waals surface area contributed by atoms with Gasteiger partial charge in [0.2, 0.25) is 0 Å². The molecule has 0 spiro atoms. The number of carbonyl (C=O) groups is 1. The summed E-state index contributed by atoms with van der Waals surface area (Å²) < 4.78 is 11.4. The lowest BCUT2D eigenvalue weighted by Gasteiger charge is -2.39. The SMILES string of the molecule is C=CC(=O)O[C@@H]1COC[C@@H](O)CC1(Cc1ccccc1)Cc1ccccc1. The van der Waals surface area contributed by atoms with E-state index >= 15 is 0 Å². The third-order valence-corrected chi connectivity index (χ3v) is 5.13. The molecule has 0 amide bonds. The molecule has 0 radical (unpaired) electrons. The van der Waals surface area contributed by atoms with E-state index < -0.39 is 23.6 Å². The number of ether oxygens (including phenoxy) is 2. The second-order valence-electron chi connectivity index (χ2n) is 7.21. The predicted octanol–water partition coefficient (Wildman–Crippen LogP) is 3.34. The van der Waals surface area contributed by atoms with Gasteiger partial charge in [-0.15, -0.1) is 0 Å². The van der Waals surface area contributed by atoms with Crippen molar-refractivity contribution in [2.24, 2.45) is 5.41 Å². The maximum Gasteiger partial charge on any atom is 0.330 e. The summed E-state index contributed by atoms with van der Waals surface area (Å²) in [5, 5.41) is 10.5. The maximum atomic E-state index is 12.0. The smallest absolute Gasteiger partial charge is 0.330 e. The van der Waals surface area contributed by atoms with Crippen LogP contribution in [0, 0.1) is 5.41 Å². The second kappa shape index (κ2) is 8.98. The van der Waals surface area contributed by atoms with E-state index in [4.69, 9.17) is 9.47 Å². The van der Waals surface area contributed by atoms with Gasteiger partial charge >= 0.3 is 5.97 Å². The molecule has 1 saturated heterocycles. The fourth-order valence-corrected chi connectivity index (χ4v) is 3.93. The van der Waals surface area contributed by atoms with Crippen LogP contribution < -0.4 is 0 Å². The Labute approximate surface area is 160 Å². The fraction of sp³-hybridized carbons (Fsp3) is 0.348. The van der Waals surface area contributed by atoms with Crippen molar-refractivity contribution in [1.82, 2.24) is 0 Å². The van der Waals surface area contributed by atoms with E-state index in [-0.39, 0.29) is 13.2 Å². The van der Waals surface area contributed by atoms with Gasteiger partial charge < -0.3 is 14.6 Å². The van der Waals surface area contributed by atoms with Gasteiger partial charge in [0.05, 0.1) is 19.3 Å². The van der Waals surface area contributed by atoms with Crippen LogP contribution in [0.3, 0.4) is 0 Å². The molecule has 3 rings (SSSR count). The molecular formula is C23H26O4. The van der Waals surface area contributed by atoms with Crippen molar-refractivity contribution < 1.29 is 19.4 Å². The van der Waals surface area contributed by atoms with Crippen LogP contribution in [0.25, 0.3) is 0 Å². The molecule has 1 aliphatic heterocycles. The zero-order valence-corrected chi connectivity index (χ0v) is 15.4. The molecule has 27 heavy (non-hydrogen) atoms. The molecule has 4 nitrogen and oxygen atoms in total. The summed E-state index contributed by atoms with van der Waals surface area (Å²) in [5.74, 6) is -0.467. The first-order valence-electron chi connectivity index (χ1n) is 9.28. The van der Waals surface area contributed by atoms with Crippen molar-refractivity contribution in [3.05, 3.63) is 84.4 Å². The Morgan fingerprint density at radius 1 is 1.07 bits per heavy atom. The first-order chi connectivity index (χ1) is 13.1. The molecule has 0 unspecified atom stereocenters. The number of hydrogen-bond acceptors (Lipinski definition) is 4. The highest BCUT2D eigenvalue weighted by molar-refractivity contribution is 5.81. The molecule has 142 valence electrons. The highest BCUT2D eigenvalue weighted by Gasteiger charge is 2.45. The number of hydrogen-bond donors (Lipinski definition) is 1. The predicted molar refractivity (Wildman–Crippen MR) is 104 cm³/mol. The van der Waals surface area contributed by atoms with Gasteiger partial charge in [-0.25, -0.2) is 4.79 Å². The normalized spacial score (nSPS) is 21.8. The summed E-state index contributed by atoms with van der Waals surface area (Å²) >= 11 is 0.